The Kier molecular flexibility index (Phi) is 7.21. The molecule has 0 spiro atoms. The molecule has 7 heteroatoms. The van der Waals surface area contributed by atoms with Crippen LogP contribution in [0.5, 0.6) is 0 Å². The molecule has 3 amide bonds. The van der Waals surface area contributed by atoms with Crippen molar-refractivity contribution in [3.8, 4) is 0 Å². The van der Waals surface area contributed by atoms with Crippen molar-refractivity contribution in [2.45, 2.75) is 13.5 Å². The van der Waals surface area contributed by atoms with Crippen LogP contribution in [-0.4, -0.2) is 50.7 Å². The SMILES string of the molecule is COCCNC(=O)NC(=O)CN(C)Cc1sccc1C. The molecule has 0 aliphatic heterocycles. The number of rotatable bonds is 7. The molecule has 0 bridgehead atoms. The summed E-state index contributed by atoms with van der Waals surface area (Å²) in [5.74, 6) is -0.323. The van der Waals surface area contributed by atoms with Gasteiger partial charge in [0.05, 0.1) is 13.2 Å². The van der Waals surface area contributed by atoms with Gasteiger partial charge in [0.15, 0.2) is 0 Å². The summed E-state index contributed by atoms with van der Waals surface area (Å²) in [6.45, 7) is 3.71. The van der Waals surface area contributed by atoms with Gasteiger partial charge in [0.1, 0.15) is 0 Å². The van der Waals surface area contributed by atoms with E-state index in [1.165, 1.54) is 10.4 Å². The zero-order chi connectivity index (χ0) is 15.0. The molecule has 1 heterocycles. The van der Waals surface area contributed by atoms with Gasteiger partial charge < -0.3 is 10.1 Å². The number of urea groups is 1. The zero-order valence-corrected chi connectivity index (χ0v) is 12.9. The van der Waals surface area contributed by atoms with Crippen molar-refractivity contribution >= 4 is 23.3 Å². The van der Waals surface area contributed by atoms with Gasteiger partial charge in [-0.05, 0) is 31.0 Å². The van der Waals surface area contributed by atoms with E-state index in [1.54, 1.807) is 18.4 Å². The lowest BCUT2D eigenvalue weighted by molar-refractivity contribution is -0.120. The van der Waals surface area contributed by atoms with Crippen molar-refractivity contribution < 1.29 is 14.3 Å². The van der Waals surface area contributed by atoms with Crippen molar-refractivity contribution in [2.24, 2.45) is 0 Å². The molecule has 0 atom stereocenters. The summed E-state index contributed by atoms with van der Waals surface area (Å²) in [7, 11) is 3.40. The molecular weight excluding hydrogens is 278 g/mol. The zero-order valence-electron chi connectivity index (χ0n) is 12.1. The first kappa shape index (κ1) is 16.6. The van der Waals surface area contributed by atoms with Crippen LogP contribution in [0.2, 0.25) is 0 Å². The Morgan fingerprint density at radius 2 is 2.20 bits per heavy atom. The maximum Gasteiger partial charge on any atom is 0.321 e. The Morgan fingerprint density at radius 3 is 2.80 bits per heavy atom. The van der Waals surface area contributed by atoms with E-state index in [9.17, 15) is 9.59 Å². The van der Waals surface area contributed by atoms with Gasteiger partial charge in [0, 0.05) is 25.1 Å². The highest BCUT2D eigenvalue weighted by atomic mass is 32.1. The maximum atomic E-state index is 11.7. The first-order valence-corrected chi connectivity index (χ1v) is 7.19. The molecule has 0 saturated heterocycles. The van der Waals surface area contributed by atoms with E-state index in [2.05, 4.69) is 16.7 Å². The van der Waals surface area contributed by atoms with E-state index in [-0.39, 0.29) is 12.5 Å². The number of nitrogens with one attached hydrogen (secondary N) is 2. The second kappa shape index (κ2) is 8.68. The number of thiophene rings is 1. The standard InChI is InChI=1S/C13H21N3O3S/c1-10-4-7-20-11(10)8-16(2)9-12(17)15-13(18)14-5-6-19-3/h4,7H,5-6,8-9H2,1-3H3,(H2,14,15,17,18). The fraction of sp³-hybridized carbons (Fsp3) is 0.538. The number of hydrogen-bond donors (Lipinski definition) is 2. The third-order valence-electron chi connectivity index (χ3n) is 2.64. The minimum Gasteiger partial charge on any atom is -0.383 e. The number of carbonyl (C=O) groups is 2. The molecule has 20 heavy (non-hydrogen) atoms. The van der Waals surface area contributed by atoms with Gasteiger partial charge in [0.25, 0.3) is 0 Å². The first-order chi connectivity index (χ1) is 9.52. The van der Waals surface area contributed by atoms with Gasteiger partial charge in [-0.3, -0.25) is 15.0 Å². The quantitative estimate of drug-likeness (QED) is 0.736. The molecule has 0 aliphatic carbocycles. The molecule has 6 nitrogen and oxygen atoms in total. The molecule has 0 saturated carbocycles. The molecule has 0 fully saturated rings. The van der Waals surface area contributed by atoms with Crippen molar-refractivity contribution in [3.63, 3.8) is 0 Å². The van der Waals surface area contributed by atoms with Crippen molar-refractivity contribution in [1.29, 1.82) is 0 Å². The summed E-state index contributed by atoms with van der Waals surface area (Å²) < 4.78 is 4.80. The topological polar surface area (TPSA) is 70.7 Å². The van der Waals surface area contributed by atoms with Crippen LogP contribution >= 0.6 is 11.3 Å². The molecule has 0 unspecified atom stereocenters. The molecular formula is C13H21N3O3S. The summed E-state index contributed by atoms with van der Waals surface area (Å²) in [6.07, 6.45) is 0. The number of methoxy groups -OCH3 is 1. The van der Waals surface area contributed by atoms with Crippen LogP contribution in [0, 0.1) is 6.92 Å². The Labute approximate surface area is 123 Å². The van der Waals surface area contributed by atoms with E-state index in [4.69, 9.17) is 4.74 Å². The predicted molar refractivity (Wildman–Crippen MR) is 78.8 cm³/mol. The summed E-state index contributed by atoms with van der Waals surface area (Å²) in [5.41, 5.74) is 1.22. The monoisotopic (exact) mass is 299 g/mol. The van der Waals surface area contributed by atoms with Crippen LogP contribution < -0.4 is 10.6 Å². The molecule has 0 aliphatic rings. The lowest BCUT2D eigenvalue weighted by atomic mass is 10.3. The lowest BCUT2D eigenvalue weighted by Gasteiger charge is -2.15. The van der Waals surface area contributed by atoms with Crippen LogP contribution in [0.4, 0.5) is 4.79 Å². The predicted octanol–water partition coefficient (Wildman–Crippen LogP) is 0.961. The van der Waals surface area contributed by atoms with Crippen LogP contribution in [0.3, 0.4) is 0 Å². The van der Waals surface area contributed by atoms with E-state index in [0.717, 1.165) is 0 Å². The van der Waals surface area contributed by atoms with E-state index < -0.39 is 6.03 Å². The number of amides is 3. The third kappa shape index (κ3) is 6.14. The Balaban J connectivity index is 2.27. The third-order valence-corrected chi connectivity index (χ3v) is 3.65. The van der Waals surface area contributed by atoms with Gasteiger partial charge >= 0.3 is 6.03 Å². The maximum absolute atomic E-state index is 11.7. The van der Waals surface area contributed by atoms with E-state index in [1.807, 2.05) is 24.3 Å². The Bertz CT molecular complexity index is 448. The fourth-order valence-corrected chi connectivity index (χ4v) is 2.57. The van der Waals surface area contributed by atoms with Crippen LogP contribution in [-0.2, 0) is 16.1 Å². The summed E-state index contributed by atoms with van der Waals surface area (Å²) in [5, 5.41) is 6.84. The van der Waals surface area contributed by atoms with Gasteiger partial charge in [-0.15, -0.1) is 11.3 Å². The molecule has 1 aromatic heterocycles. The largest absolute Gasteiger partial charge is 0.383 e. The number of imide groups is 1. The Hall–Kier alpha value is -1.44. The van der Waals surface area contributed by atoms with Crippen LogP contribution in [0.1, 0.15) is 10.4 Å². The van der Waals surface area contributed by atoms with Gasteiger partial charge in [-0.1, -0.05) is 0 Å². The van der Waals surface area contributed by atoms with E-state index >= 15 is 0 Å². The Morgan fingerprint density at radius 1 is 1.45 bits per heavy atom. The molecule has 0 aromatic carbocycles. The van der Waals surface area contributed by atoms with Crippen LogP contribution in [0.25, 0.3) is 0 Å². The highest BCUT2D eigenvalue weighted by molar-refractivity contribution is 7.10. The van der Waals surface area contributed by atoms with Crippen LogP contribution in [0.15, 0.2) is 11.4 Å². The van der Waals surface area contributed by atoms with Crippen molar-refractivity contribution in [2.75, 3.05) is 33.9 Å². The number of carbonyl (C=O) groups excluding carboxylic acids is 2. The minimum absolute atomic E-state index is 0.176. The molecule has 0 radical (unpaired) electrons. The molecule has 1 aromatic rings. The van der Waals surface area contributed by atoms with Gasteiger partial charge in [0.2, 0.25) is 5.91 Å². The number of aryl methyl sites for hydroxylation is 1. The van der Waals surface area contributed by atoms with Gasteiger partial charge in [-0.2, -0.15) is 0 Å². The second-order valence-corrected chi connectivity index (χ2v) is 5.50. The second-order valence-electron chi connectivity index (χ2n) is 4.50. The normalized spacial score (nSPS) is 10.6. The van der Waals surface area contributed by atoms with Crippen molar-refractivity contribution in [3.05, 3.63) is 21.9 Å². The average molecular weight is 299 g/mol. The summed E-state index contributed by atoms with van der Waals surface area (Å²) in [6, 6.07) is 1.56. The summed E-state index contributed by atoms with van der Waals surface area (Å²) >= 11 is 1.67. The number of nitrogens with zero attached hydrogens (tertiary/aromatic N) is 1. The van der Waals surface area contributed by atoms with E-state index in [0.29, 0.717) is 19.7 Å². The number of ether oxygens (including phenoxy) is 1. The number of hydrogen-bond acceptors (Lipinski definition) is 5. The molecule has 1 rings (SSSR count). The fourth-order valence-electron chi connectivity index (χ4n) is 1.59. The smallest absolute Gasteiger partial charge is 0.321 e. The molecule has 112 valence electrons. The lowest BCUT2D eigenvalue weighted by Crippen LogP contribution is -2.44. The van der Waals surface area contributed by atoms with Crippen molar-refractivity contribution in [1.82, 2.24) is 15.5 Å². The highest BCUT2D eigenvalue weighted by Gasteiger charge is 2.11. The average Bonchev–Trinajstić information content (AvgIpc) is 2.74. The highest BCUT2D eigenvalue weighted by Crippen LogP contribution is 2.16. The number of likely N-dealkylation sites (N-methyl/N-ethyl adjacent to an activating group) is 1. The minimum atomic E-state index is -0.493. The first-order valence-electron chi connectivity index (χ1n) is 6.31. The molecule has 2 N–H and O–H groups in total. The summed E-state index contributed by atoms with van der Waals surface area (Å²) in [4.78, 5) is 26.1. The van der Waals surface area contributed by atoms with Gasteiger partial charge in [-0.25, -0.2) is 4.79 Å².